The molecule has 134 valence electrons. The van der Waals surface area contributed by atoms with Crippen LogP contribution in [0.15, 0.2) is 55.1 Å². The van der Waals surface area contributed by atoms with Gasteiger partial charge < -0.3 is 16.0 Å². The number of carbonyl (C=O) groups is 1. The van der Waals surface area contributed by atoms with Crippen molar-refractivity contribution in [2.45, 2.75) is 13.0 Å². The van der Waals surface area contributed by atoms with Crippen LogP contribution in [0.4, 0.5) is 17.3 Å². The molecule has 3 aromatic heterocycles. The normalized spacial score (nSPS) is 11.6. The predicted octanol–water partition coefficient (Wildman–Crippen LogP) is 1.60. The van der Waals surface area contributed by atoms with Crippen LogP contribution < -0.4 is 16.0 Å². The minimum absolute atomic E-state index is 0.0847. The lowest BCUT2D eigenvalue weighted by Gasteiger charge is -2.13. The number of pyridine rings is 1. The fourth-order valence-corrected chi connectivity index (χ4v) is 2.23. The maximum absolute atomic E-state index is 12.0. The molecule has 0 radical (unpaired) electrons. The topological polar surface area (TPSA) is 110 Å². The van der Waals surface area contributed by atoms with Crippen LogP contribution in [0, 0.1) is 0 Å². The highest BCUT2D eigenvalue weighted by Crippen LogP contribution is 2.13. The number of hydrogen-bond donors (Lipinski definition) is 3. The summed E-state index contributed by atoms with van der Waals surface area (Å²) in [5.74, 6) is 1.20. The van der Waals surface area contributed by atoms with Crippen LogP contribution in [0.1, 0.15) is 13.0 Å². The lowest BCUT2D eigenvalue weighted by molar-refractivity contribution is -0.124. The van der Waals surface area contributed by atoms with Gasteiger partial charge in [0.1, 0.15) is 11.9 Å². The second-order valence-corrected chi connectivity index (χ2v) is 5.54. The number of amides is 1. The summed E-state index contributed by atoms with van der Waals surface area (Å²) in [7, 11) is 0. The fraction of sp³-hybridized carbons (Fsp3) is 0.235. The van der Waals surface area contributed by atoms with E-state index in [9.17, 15) is 4.79 Å². The molecule has 1 atom stereocenters. The number of hydrogen-bond acceptors (Lipinski definition) is 7. The van der Waals surface area contributed by atoms with E-state index in [1.165, 1.54) is 0 Å². The average Bonchev–Trinajstić information content (AvgIpc) is 3.21. The van der Waals surface area contributed by atoms with Gasteiger partial charge >= 0.3 is 0 Å². The Morgan fingerprint density at radius 2 is 1.85 bits per heavy atom. The molecule has 0 aliphatic heterocycles. The summed E-state index contributed by atoms with van der Waals surface area (Å²) in [5.41, 5.74) is 0.893. The van der Waals surface area contributed by atoms with Gasteiger partial charge in [0, 0.05) is 43.6 Å². The first-order chi connectivity index (χ1) is 12.7. The van der Waals surface area contributed by atoms with Crippen LogP contribution in [-0.4, -0.2) is 44.0 Å². The highest BCUT2D eigenvalue weighted by Gasteiger charge is 2.13. The van der Waals surface area contributed by atoms with Crippen molar-refractivity contribution in [3.63, 3.8) is 0 Å². The van der Waals surface area contributed by atoms with Gasteiger partial charge in [0.25, 0.3) is 0 Å². The van der Waals surface area contributed by atoms with Crippen molar-refractivity contribution in [3.05, 3.63) is 55.1 Å². The summed E-state index contributed by atoms with van der Waals surface area (Å²) in [6.07, 6.45) is 6.82. The van der Waals surface area contributed by atoms with Crippen molar-refractivity contribution < 1.29 is 4.79 Å². The van der Waals surface area contributed by atoms with Crippen molar-refractivity contribution >= 4 is 23.2 Å². The molecule has 0 aliphatic rings. The molecule has 0 spiro atoms. The van der Waals surface area contributed by atoms with E-state index in [0.29, 0.717) is 24.7 Å². The quantitative estimate of drug-likeness (QED) is 0.528. The van der Waals surface area contributed by atoms with Crippen LogP contribution in [0.3, 0.4) is 0 Å². The van der Waals surface area contributed by atoms with Crippen LogP contribution in [0.25, 0.3) is 0 Å². The summed E-state index contributed by atoms with van der Waals surface area (Å²) in [5, 5.41) is 21.4. The first-order valence-electron chi connectivity index (χ1n) is 8.24. The van der Waals surface area contributed by atoms with Gasteiger partial charge in [-0.15, -0.1) is 10.2 Å². The standard InChI is InChI=1S/C17H20N8O/c1-13(25-12-2-7-21-25)17(26)20-11-10-19-15-3-4-16(24-23-15)22-14-5-8-18-9-6-14/h2-9,12-13H,10-11H2,1H3,(H,19,23)(H,20,26)(H,18,22,24)/t13-/m0/s1. The summed E-state index contributed by atoms with van der Waals surface area (Å²) in [4.78, 5) is 16.0. The Hall–Kier alpha value is -3.49. The number of nitrogens with zero attached hydrogens (tertiary/aromatic N) is 5. The van der Waals surface area contributed by atoms with E-state index in [0.717, 1.165) is 5.69 Å². The third kappa shape index (κ3) is 4.76. The Morgan fingerprint density at radius 3 is 2.54 bits per heavy atom. The molecule has 0 saturated carbocycles. The van der Waals surface area contributed by atoms with Crippen LogP contribution in [-0.2, 0) is 4.79 Å². The lowest BCUT2D eigenvalue weighted by atomic mass is 10.3. The molecule has 0 aromatic carbocycles. The van der Waals surface area contributed by atoms with E-state index in [1.807, 2.05) is 24.3 Å². The molecule has 1 amide bonds. The molecule has 0 fully saturated rings. The molecule has 9 nitrogen and oxygen atoms in total. The third-order valence-electron chi connectivity index (χ3n) is 3.65. The minimum atomic E-state index is -0.344. The second-order valence-electron chi connectivity index (χ2n) is 5.54. The van der Waals surface area contributed by atoms with Gasteiger partial charge in [-0.1, -0.05) is 0 Å². The Kier molecular flexibility index (Phi) is 5.71. The van der Waals surface area contributed by atoms with E-state index >= 15 is 0 Å². The molecular weight excluding hydrogens is 332 g/mol. The number of rotatable bonds is 8. The second kappa shape index (κ2) is 8.56. The smallest absolute Gasteiger partial charge is 0.244 e. The lowest BCUT2D eigenvalue weighted by Crippen LogP contribution is -2.34. The number of nitrogens with one attached hydrogen (secondary N) is 3. The molecule has 3 heterocycles. The van der Waals surface area contributed by atoms with Gasteiger partial charge in [0.05, 0.1) is 0 Å². The molecule has 0 aliphatic carbocycles. The molecular formula is C17H20N8O. The maximum Gasteiger partial charge on any atom is 0.244 e. The van der Waals surface area contributed by atoms with Gasteiger partial charge in [0.2, 0.25) is 5.91 Å². The SMILES string of the molecule is C[C@@H](C(=O)NCCNc1ccc(Nc2ccncc2)nn1)n1cccn1. The van der Waals surface area contributed by atoms with Crippen molar-refractivity contribution in [2.75, 3.05) is 23.7 Å². The molecule has 0 saturated heterocycles. The highest BCUT2D eigenvalue weighted by molar-refractivity contribution is 5.79. The molecule has 0 unspecified atom stereocenters. The number of aromatic nitrogens is 5. The summed E-state index contributed by atoms with van der Waals surface area (Å²) in [6, 6.07) is 8.79. The fourth-order valence-electron chi connectivity index (χ4n) is 2.23. The van der Waals surface area contributed by atoms with Crippen LogP contribution in [0.2, 0.25) is 0 Å². The Labute approximate surface area is 150 Å². The van der Waals surface area contributed by atoms with Gasteiger partial charge in [-0.25, -0.2) is 0 Å². The number of carbonyl (C=O) groups excluding carboxylic acids is 1. The van der Waals surface area contributed by atoms with Crippen LogP contribution >= 0.6 is 0 Å². The summed E-state index contributed by atoms with van der Waals surface area (Å²) >= 11 is 0. The van der Waals surface area contributed by atoms with Crippen molar-refractivity contribution in [1.29, 1.82) is 0 Å². The average molecular weight is 352 g/mol. The third-order valence-corrected chi connectivity index (χ3v) is 3.65. The van der Waals surface area contributed by atoms with E-state index in [1.54, 1.807) is 42.5 Å². The molecule has 3 N–H and O–H groups in total. The van der Waals surface area contributed by atoms with Gasteiger partial charge in [0.15, 0.2) is 5.82 Å². The molecule has 26 heavy (non-hydrogen) atoms. The Balaban J connectivity index is 1.40. The van der Waals surface area contributed by atoms with Crippen LogP contribution in [0.5, 0.6) is 0 Å². The van der Waals surface area contributed by atoms with E-state index in [-0.39, 0.29) is 11.9 Å². The molecule has 9 heteroatoms. The first kappa shape index (κ1) is 17.3. The zero-order valence-corrected chi connectivity index (χ0v) is 14.3. The summed E-state index contributed by atoms with van der Waals surface area (Å²) in [6.45, 7) is 2.82. The molecule has 3 rings (SSSR count). The summed E-state index contributed by atoms with van der Waals surface area (Å²) < 4.78 is 1.61. The zero-order chi connectivity index (χ0) is 18.2. The van der Waals surface area contributed by atoms with Crippen molar-refractivity contribution in [3.8, 4) is 0 Å². The van der Waals surface area contributed by atoms with Gasteiger partial charge in [-0.05, 0) is 37.3 Å². The van der Waals surface area contributed by atoms with E-state index in [4.69, 9.17) is 0 Å². The first-order valence-corrected chi connectivity index (χ1v) is 8.24. The van der Waals surface area contributed by atoms with Crippen molar-refractivity contribution in [2.24, 2.45) is 0 Å². The molecule has 0 bridgehead atoms. The largest absolute Gasteiger partial charge is 0.367 e. The monoisotopic (exact) mass is 352 g/mol. The number of anilines is 3. The van der Waals surface area contributed by atoms with Gasteiger partial charge in [-0.2, -0.15) is 5.10 Å². The Bertz CT molecular complexity index is 805. The Morgan fingerprint density at radius 1 is 1.08 bits per heavy atom. The molecule has 3 aromatic rings. The van der Waals surface area contributed by atoms with E-state index < -0.39 is 0 Å². The van der Waals surface area contributed by atoms with Gasteiger partial charge in [-0.3, -0.25) is 14.5 Å². The minimum Gasteiger partial charge on any atom is -0.367 e. The highest BCUT2D eigenvalue weighted by atomic mass is 16.2. The van der Waals surface area contributed by atoms with E-state index in [2.05, 4.69) is 36.2 Å². The maximum atomic E-state index is 12.0. The predicted molar refractivity (Wildman–Crippen MR) is 98.0 cm³/mol. The van der Waals surface area contributed by atoms with Crippen molar-refractivity contribution in [1.82, 2.24) is 30.3 Å². The zero-order valence-electron chi connectivity index (χ0n) is 14.3.